The number of imidazole rings is 1. The summed E-state index contributed by atoms with van der Waals surface area (Å²) in [4.78, 5) is 10.1. The second kappa shape index (κ2) is 15.7. The summed E-state index contributed by atoms with van der Waals surface area (Å²) in [7, 11) is 0. The Morgan fingerprint density at radius 3 is 1.98 bits per heavy atom. The fraction of sp³-hybridized carbons (Fsp3) is 0.0769. The average Bonchev–Trinajstić information content (AvgIpc) is 3.67. The molecule has 2 heterocycles. The zero-order chi connectivity index (χ0) is 43.3. The molecule has 0 radical (unpaired) electrons. The molecule has 0 fully saturated rings. The number of nitrogens with zero attached hydrogens (tertiary/aromatic N) is 3. The van der Waals surface area contributed by atoms with Crippen LogP contribution in [-0.4, -0.2) is 19.6 Å². The summed E-state index contributed by atoms with van der Waals surface area (Å²) in [5.74, 6) is 0.456. The summed E-state index contributed by atoms with van der Waals surface area (Å²) in [6, 6.07) is 53.4. The van der Waals surface area contributed by atoms with Crippen LogP contribution in [0.2, 0.25) is 0 Å². The Bertz CT molecular complexity index is 3130. The van der Waals surface area contributed by atoms with E-state index in [0.29, 0.717) is 39.4 Å². The Morgan fingerprint density at radius 2 is 1.25 bits per heavy atom. The quantitative estimate of drug-likeness (QED) is 0.162. The molecule has 0 spiro atoms. The normalized spacial score (nSPS) is 13.1. The first kappa shape index (κ1) is 30.8. The Hall–Kier alpha value is -6.35. The number of aromatic hydroxyl groups is 1. The maximum absolute atomic E-state index is 11.7. The number of aromatic nitrogens is 3. The second-order valence-corrected chi connectivity index (χ2v) is 14.1. The van der Waals surface area contributed by atoms with E-state index in [1.54, 1.807) is 24.4 Å². The topological polar surface area (TPSA) is 50.9 Å². The third-order valence-electron chi connectivity index (χ3n) is 10.2. The molecule has 9 aromatic rings. The first-order valence-corrected chi connectivity index (χ1v) is 18.5. The van der Waals surface area contributed by atoms with E-state index in [9.17, 15) is 5.11 Å². The summed E-state index contributed by atoms with van der Waals surface area (Å²) in [6.45, 7) is -0.901. The van der Waals surface area contributed by atoms with Gasteiger partial charge in [0.05, 0.1) is 22.3 Å². The Balaban J connectivity index is 0.00000544. The van der Waals surface area contributed by atoms with Crippen LogP contribution in [0.15, 0.2) is 164 Å². The molecule has 9 rings (SSSR count). The van der Waals surface area contributed by atoms with Crippen molar-refractivity contribution in [2.45, 2.75) is 27.6 Å². The van der Waals surface area contributed by atoms with Gasteiger partial charge in [0.2, 0.25) is 0 Å². The Morgan fingerprint density at radius 1 is 0.561 bits per heavy atom. The number of phenolic OH excluding ortho intramolecular Hbond substituents is 1. The molecule has 0 saturated heterocycles. The van der Waals surface area contributed by atoms with Crippen molar-refractivity contribution in [3.05, 3.63) is 192 Å². The van der Waals surface area contributed by atoms with Gasteiger partial charge in [-0.05, 0) is 102 Å². The molecule has 57 heavy (non-hydrogen) atoms. The molecule has 0 atom stereocenters. The standard InChI is InChI=1S/C52H40N3O.Pt/c1-33-18-20-39(21-19-33)41-24-25-53-47(32-41)44-30-42(38-14-9-6-10-15-38)29-43(31-44)45-16-11-17-49-50(45)54-52(46-27-34(2)26-36(4)51(46)56)55(49)48-23-22-40(28-35(48)3)37-12-7-5-8-13-37;/h5-30,32,56H,1-4H3;/q-1;/i1D3,3D3;. The molecule has 1 N–H and O–H groups in total. The minimum absolute atomic E-state index is 0. The van der Waals surface area contributed by atoms with Gasteiger partial charge in [-0.2, -0.15) is 0 Å². The number of hydrogen-bond donors (Lipinski definition) is 1. The van der Waals surface area contributed by atoms with E-state index in [-0.39, 0.29) is 37.9 Å². The summed E-state index contributed by atoms with van der Waals surface area (Å²) in [5.41, 5.74) is 12.3. The first-order valence-electron chi connectivity index (χ1n) is 21.5. The van der Waals surface area contributed by atoms with E-state index < -0.39 is 13.7 Å². The maximum Gasteiger partial charge on any atom is 0.148 e. The molecule has 2 aromatic heterocycles. The van der Waals surface area contributed by atoms with Gasteiger partial charge >= 0.3 is 0 Å². The van der Waals surface area contributed by atoms with Crippen LogP contribution in [0.3, 0.4) is 0 Å². The van der Waals surface area contributed by atoms with Crippen LogP contribution in [0.5, 0.6) is 5.75 Å². The Labute approximate surface area is 356 Å². The van der Waals surface area contributed by atoms with Gasteiger partial charge in [0.15, 0.2) is 0 Å². The van der Waals surface area contributed by atoms with Gasteiger partial charge in [0, 0.05) is 41.2 Å². The molecular formula is C52H40N3OPt-. The van der Waals surface area contributed by atoms with E-state index in [0.717, 1.165) is 55.6 Å². The van der Waals surface area contributed by atoms with Crippen molar-refractivity contribution in [2.75, 3.05) is 0 Å². The van der Waals surface area contributed by atoms with Gasteiger partial charge in [-0.15, -0.1) is 23.8 Å². The second-order valence-electron chi connectivity index (χ2n) is 14.1. The van der Waals surface area contributed by atoms with Crippen molar-refractivity contribution in [3.63, 3.8) is 0 Å². The summed E-state index contributed by atoms with van der Waals surface area (Å²) in [6.07, 6.45) is 1.74. The SMILES string of the molecule is [2H]C([2H])([2H])c1ccc(-c2ccnc(-c3[c-]c(-c4cccc5c4nc(-c4cc(C)cc(C)c4O)n5-c4ccc(-c5ccccc5)cc4C([2H])([2H])[2H])cc(-c4ccccc4)c3)c2)cc1.[Pt]. The molecule has 5 heteroatoms. The summed E-state index contributed by atoms with van der Waals surface area (Å²) < 4.78 is 51.6. The number of pyridine rings is 1. The van der Waals surface area contributed by atoms with Crippen LogP contribution in [-0.2, 0) is 21.1 Å². The van der Waals surface area contributed by atoms with E-state index >= 15 is 0 Å². The number of phenols is 1. The molecule has 0 bridgehead atoms. The molecular weight excluding hydrogens is 878 g/mol. The molecule has 7 aromatic carbocycles. The zero-order valence-corrected chi connectivity index (χ0v) is 33.5. The number of fused-ring (bicyclic) bond motifs is 1. The summed E-state index contributed by atoms with van der Waals surface area (Å²) in [5, 5.41) is 11.7. The molecule has 0 aliphatic carbocycles. The molecule has 0 unspecified atom stereocenters. The van der Waals surface area contributed by atoms with Crippen molar-refractivity contribution in [2.24, 2.45) is 0 Å². The van der Waals surface area contributed by atoms with E-state index in [1.807, 2.05) is 146 Å². The van der Waals surface area contributed by atoms with Gasteiger partial charge in [0.1, 0.15) is 11.6 Å². The van der Waals surface area contributed by atoms with Crippen molar-refractivity contribution in [1.82, 2.24) is 14.5 Å². The smallest absolute Gasteiger partial charge is 0.148 e. The zero-order valence-electron chi connectivity index (χ0n) is 37.2. The monoisotopic (exact) mass is 923 g/mol. The number of benzene rings is 7. The fourth-order valence-electron chi connectivity index (χ4n) is 7.48. The average molecular weight is 924 g/mol. The maximum atomic E-state index is 11.7. The van der Waals surface area contributed by atoms with Crippen LogP contribution in [0.25, 0.3) is 83.9 Å². The fourth-order valence-corrected chi connectivity index (χ4v) is 7.48. The van der Waals surface area contributed by atoms with Crippen LogP contribution >= 0.6 is 0 Å². The first-order chi connectivity index (χ1) is 29.7. The van der Waals surface area contributed by atoms with Crippen molar-refractivity contribution in [3.8, 4) is 78.6 Å². The van der Waals surface area contributed by atoms with Crippen LogP contribution in [0.4, 0.5) is 0 Å². The molecule has 4 nitrogen and oxygen atoms in total. The van der Waals surface area contributed by atoms with Crippen molar-refractivity contribution in [1.29, 1.82) is 0 Å². The third kappa shape index (κ3) is 7.25. The molecule has 280 valence electrons. The van der Waals surface area contributed by atoms with Crippen molar-refractivity contribution < 1.29 is 34.4 Å². The van der Waals surface area contributed by atoms with E-state index in [2.05, 4.69) is 18.2 Å². The van der Waals surface area contributed by atoms with Crippen LogP contribution < -0.4 is 0 Å². The minimum atomic E-state index is -2.50. The van der Waals surface area contributed by atoms with Crippen LogP contribution in [0, 0.1) is 33.6 Å². The van der Waals surface area contributed by atoms with Gasteiger partial charge in [-0.25, -0.2) is 4.98 Å². The van der Waals surface area contributed by atoms with Crippen LogP contribution in [0.1, 0.15) is 30.5 Å². The number of hydrogen-bond acceptors (Lipinski definition) is 3. The molecule has 0 aliphatic rings. The van der Waals surface area contributed by atoms with Gasteiger partial charge in [0.25, 0.3) is 0 Å². The third-order valence-corrected chi connectivity index (χ3v) is 10.2. The van der Waals surface area contributed by atoms with E-state index in [4.69, 9.17) is 18.2 Å². The van der Waals surface area contributed by atoms with E-state index in [1.165, 1.54) is 0 Å². The van der Waals surface area contributed by atoms with Crippen molar-refractivity contribution >= 4 is 11.0 Å². The predicted octanol–water partition coefficient (Wildman–Crippen LogP) is 13.2. The predicted molar refractivity (Wildman–Crippen MR) is 231 cm³/mol. The van der Waals surface area contributed by atoms with Gasteiger partial charge in [-0.3, -0.25) is 9.55 Å². The summed E-state index contributed by atoms with van der Waals surface area (Å²) >= 11 is 0. The Kier molecular flexibility index (Phi) is 8.46. The largest absolute Gasteiger partial charge is 0.507 e. The molecule has 0 amide bonds. The van der Waals surface area contributed by atoms with Gasteiger partial charge in [-0.1, -0.05) is 138 Å². The molecule has 0 aliphatic heterocycles. The van der Waals surface area contributed by atoms with Gasteiger partial charge < -0.3 is 5.11 Å². The number of para-hydroxylation sites is 1. The minimum Gasteiger partial charge on any atom is -0.507 e. The number of rotatable bonds is 7. The number of aryl methyl sites for hydroxylation is 4. The molecule has 0 saturated carbocycles.